The van der Waals surface area contributed by atoms with Gasteiger partial charge >= 0.3 is 0 Å². The van der Waals surface area contributed by atoms with Crippen LogP contribution in [0.15, 0.2) is 59.7 Å². The minimum atomic E-state index is -0.0726. The van der Waals surface area contributed by atoms with E-state index in [2.05, 4.69) is 38.4 Å². The molecule has 0 aliphatic rings. The second kappa shape index (κ2) is 10.5. The number of aromatic amines is 1. The molecule has 0 aliphatic heterocycles. The zero-order valence-corrected chi connectivity index (χ0v) is 19.5. The maximum Gasteiger partial charge on any atom is 0.265 e. The highest BCUT2D eigenvalue weighted by molar-refractivity contribution is 5.72. The third-order valence-corrected chi connectivity index (χ3v) is 5.91. The van der Waals surface area contributed by atoms with Crippen molar-refractivity contribution in [3.05, 3.63) is 87.9 Å². The summed E-state index contributed by atoms with van der Waals surface area (Å²) in [6.45, 7) is 6.95. The third-order valence-electron chi connectivity index (χ3n) is 5.91. The van der Waals surface area contributed by atoms with E-state index in [-0.39, 0.29) is 11.6 Å². The Morgan fingerprint density at radius 3 is 2.64 bits per heavy atom. The summed E-state index contributed by atoms with van der Waals surface area (Å²) in [4.78, 5) is 25.2. The molecule has 0 aliphatic carbocycles. The van der Waals surface area contributed by atoms with Crippen molar-refractivity contribution in [2.45, 2.75) is 39.4 Å². The first kappa shape index (κ1) is 22.8. The normalized spacial score (nSPS) is 12.5. The molecule has 1 aromatic carbocycles. The first-order valence-corrected chi connectivity index (χ1v) is 11.4. The van der Waals surface area contributed by atoms with Gasteiger partial charge < -0.3 is 5.32 Å². The second-order valence-corrected chi connectivity index (χ2v) is 8.29. The van der Waals surface area contributed by atoms with Crippen molar-refractivity contribution >= 4 is 11.0 Å². The summed E-state index contributed by atoms with van der Waals surface area (Å²) < 4.78 is 1.81. The smallest absolute Gasteiger partial charge is 0.265 e. The van der Waals surface area contributed by atoms with Crippen LogP contribution in [0.4, 0.5) is 0 Å². The van der Waals surface area contributed by atoms with Crippen LogP contribution in [0, 0.1) is 6.92 Å². The molecule has 1 atom stereocenters. The molecule has 3 aromatic heterocycles. The number of H-pyrrole nitrogens is 1. The number of nitrogens with zero attached hydrogens (tertiary/aromatic N) is 5. The molecule has 0 spiro atoms. The molecule has 0 amide bonds. The Kier molecular flexibility index (Phi) is 7.26. The van der Waals surface area contributed by atoms with Gasteiger partial charge in [-0.25, -0.2) is 4.98 Å². The average Bonchev–Trinajstić information content (AvgIpc) is 3.31. The van der Waals surface area contributed by atoms with Crippen molar-refractivity contribution in [2.75, 3.05) is 20.1 Å². The van der Waals surface area contributed by atoms with Gasteiger partial charge in [0.15, 0.2) is 5.65 Å². The van der Waals surface area contributed by atoms with Crippen LogP contribution in [0.3, 0.4) is 0 Å². The number of aryl methyl sites for hydroxylation is 1. The van der Waals surface area contributed by atoms with E-state index in [1.807, 2.05) is 56.6 Å². The van der Waals surface area contributed by atoms with Crippen molar-refractivity contribution in [3.8, 4) is 0 Å². The fraction of sp³-hybridized carbons (Fsp3) is 0.360. The van der Waals surface area contributed by atoms with E-state index >= 15 is 0 Å². The molecule has 33 heavy (non-hydrogen) atoms. The largest absolute Gasteiger partial charge is 0.318 e. The quantitative estimate of drug-likeness (QED) is 0.390. The van der Waals surface area contributed by atoms with Crippen LogP contribution in [0.25, 0.3) is 11.0 Å². The van der Waals surface area contributed by atoms with Gasteiger partial charge in [0.2, 0.25) is 0 Å². The zero-order chi connectivity index (χ0) is 23.2. The van der Waals surface area contributed by atoms with Gasteiger partial charge in [0.25, 0.3) is 5.56 Å². The standard InChI is InChI=1S/C25H31N7O/c1-4-22(31(13-12-26-3)16-20-11-10-18(2)27-14-20)24-29-23-21(15-28-30-23)25(33)32(24)17-19-8-6-5-7-9-19/h5-11,14-15,22,26H,4,12-13,16-17H2,1-3H3,(H,28,30). The van der Waals surface area contributed by atoms with Crippen molar-refractivity contribution in [1.29, 1.82) is 0 Å². The van der Waals surface area contributed by atoms with Crippen LogP contribution in [0.1, 0.15) is 42.0 Å². The van der Waals surface area contributed by atoms with Crippen LogP contribution in [0.2, 0.25) is 0 Å². The molecule has 8 nitrogen and oxygen atoms in total. The summed E-state index contributed by atoms with van der Waals surface area (Å²) in [5.74, 6) is 0.749. The van der Waals surface area contributed by atoms with E-state index in [9.17, 15) is 4.79 Å². The number of fused-ring (bicyclic) bond motifs is 1. The molecule has 8 heteroatoms. The molecule has 0 saturated carbocycles. The number of likely N-dealkylation sites (N-methyl/N-ethyl adjacent to an activating group) is 1. The predicted molar refractivity (Wildman–Crippen MR) is 130 cm³/mol. The van der Waals surface area contributed by atoms with E-state index in [1.165, 1.54) is 0 Å². The van der Waals surface area contributed by atoms with Gasteiger partial charge in [-0.15, -0.1) is 0 Å². The molecular formula is C25H31N7O. The van der Waals surface area contributed by atoms with Crippen LogP contribution < -0.4 is 10.9 Å². The molecule has 1 unspecified atom stereocenters. The SMILES string of the molecule is CCC(c1nc2[nH]ncc2c(=O)n1Cc1ccccc1)N(CCNC)Cc1ccc(C)nc1. The summed E-state index contributed by atoms with van der Waals surface area (Å²) in [5.41, 5.74) is 3.65. The van der Waals surface area contributed by atoms with Crippen molar-refractivity contribution in [3.63, 3.8) is 0 Å². The lowest BCUT2D eigenvalue weighted by molar-refractivity contribution is 0.172. The number of hydrogen-bond acceptors (Lipinski definition) is 6. The van der Waals surface area contributed by atoms with Crippen LogP contribution in [-0.4, -0.2) is 49.8 Å². The van der Waals surface area contributed by atoms with Crippen molar-refractivity contribution in [1.82, 2.24) is 34.9 Å². The Hall–Kier alpha value is -3.36. The first-order chi connectivity index (χ1) is 16.1. The number of benzene rings is 1. The molecule has 3 heterocycles. The number of nitrogens with one attached hydrogen (secondary N) is 2. The summed E-state index contributed by atoms with van der Waals surface area (Å²) in [7, 11) is 1.95. The van der Waals surface area contributed by atoms with Gasteiger partial charge in [0.1, 0.15) is 11.2 Å². The fourth-order valence-corrected chi connectivity index (χ4v) is 4.15. The summed E-state index contributed by atoms with van der Waals surface area (Å²) >= 11 is 0. The molecule has 172 valence electrons. The Morgan fingerprint density at radius 2 is 1.94 bits per heavy atom. The summed E-state index contributed by atoms with van der Waals surface area (Å²) in [5, 5.41) is 10.7. The Bertz CT molecular complexity index is 1230. The zero-order valence-electron chi connectivity index (χ0n) is 19.5. The van der Waals surface area contributed by atoms with Gasteiger partial charge in [-0.2, -0.15) is 5.10 Å². The maximum atomic E-state index is 13.5. The van der Waals surface area contributed by atoms with Crippen LogP contribution in [-0.2, 0) is 13.1 Å². The summed E-state index contributed by atoms with van der Waals surface area (Å²) in [6.07, 6.45) is 4.30. The molecule has 0 radical (unpaired) electrons. The first-order valence-electron chi connectivity index (χ1n) is 11.4. The molecule has 0 saturated heterocycles. The number of pyridine rings is 1. The lowest BCUT2D eigenvalue weighted by atomic mass is 10.1. The second-order valence-electron chi connectivity index (χ2n) is 8.29. The monoisotopic (exact) mass is 445 g/mol. The van der Waals surface area contributed by atoms with E-state index in [1.54, 1.807) is 10.8 Å². The maximum absolute atomic E-state index is 13.5. The van der Waals surface area contributed by atoms with Gasteiger partial charge in [0.05, 0.1) is 18.8 Å². The molecule has 2 N–H and O–H groups in total. The molecular weight excluding hydrogens is 414 g/mol. The Labute approximate surface area is 193 Å². The molecule has 0 bridgehead atoms. The van der Waals surface area contributed by atoms with Gasteiger partial charge in [-0.05, 0) is 37.6 Å². The summed E-state index contributed by atoms with van der Waals surface area (Å²) in [6, 6.07) is 14.1. The fourth-order valence-electron chi connectivity index (χ4n) is 4.15. The minimum absolute atomic E-state index is 0.0521. The highest BCUT2D eigenvalue weighted by atomic mass is 16.1. The van der Waals surface area contributed by atoms with Gasteiger partial charge in [-0.1, -0.05) is 43.3 Å². The molecule has 0 fully saturated rings. The number of aromatic nitrogens is 5. The van der Waals surface area contributed by atoms with Crippen LogP contribution in [0.5, 0.6) is 0 Å². The highest BCUT2D eigenvalue weighted by Crippen LogP contribution is 2.25. The average molecular weight is 446 g/mol. The lowest BCUT2D eigenvalue weighted by Crippen LogP contribution is -2.38. The van der Waals surface area contributed by atoms with E-state index < -0.39 is 0 Å². The minimum Gasteiger partial charge on any atom is -0.318 e. The van der Waals surface area contributed by atoms with E-state index in [4.69, 9.17) is 4.98 Å². The van der Waals surface area contributed by atoms with Crippen molar-refractivity contribution < 1.29 is 0 Å². The van der Waals surface area contributed by atoms with Crippen molar-refractivity contribution in [2.24, 2.45) is 0 Å². The highest BCUT2D eigenvalue weighted by Gasteiger charge is 2.25. The van der Waals surface area contributed by atoms with E-state index in [0.717, 1.165) is 48.7 Å². The topological polar surface area (TPSA) is 91.7 Å². The van der Waals surface area contributed by atoms with E-state index in [0.29, 0.717) is 17.6 Å². The predicted octanol–water partition coefficient (Wildman–Crippen LogP) is 3.04. The number of hydrogen-bond donors (Lipinski definition) is 2. The lowest BCUT2D eigenvalue weighted by Gasteiger charge is -2.32. The molecule has 4 rings (SSSR count). The molecule has 4 aromatic rings. The van der Waals surface area contributed by atoms with Gasteiger partial charge in [0, 0.05) is 31.5 Å². The third kappa shape index (κ3) is 5.18. The number of rotatable bonds is 10. The Morgan fingerprint density at radius 1 is 1.12 bits per heavy atom. The van der Waals surface area contributed by atoms with Gasteiger partial charge in [-0.3, -0.25) is 24.3 Å². The van der Waals surface area contributed by atoms with Crippen LogP contribution >= 0.6 is 0 Å². The Balaban J connectivity index is 1.78.